The van der Waals surface area contributed by atoms with Crippen molar-refractivity contribution >= 4 is 28.8 Å². The van der Waals surface area contributed by atoms with E-state index in [0.717, 1.165) is 4.88 Å². The minimum absolute atomic E-state index is 0.135. The number of ether oxygens (including phenoxy) is 2. The highest BCUT2D eigenvalue weighted by Crippen LogP contribution is 2.32. The Labute approximate surface area is 149 Å². The van der Waals surface area contributed by atoms with Crippen molar-refractivity contribution in [1.29, 1.82) is 0 Å². The number of carbonyl (C=O) groups is 2. The second kappa shape index (κ2) is 7.48. The van der Waals surface area contributed by atoms with Crippen molar-refractivity contribution in [1.82, 2.24) is 5.43 Å². The van der Waals surface area contributed by atoms with E-state index in [4.69, 9.17) is 9.47 Å². The number of nitrogens with zero attached hydrogens (tertiary/aromatic N) is 1. The maximum atomic E-state index is 13.0. The molecular formula is C18H18N2O4S. The number of thiophene rings is 1. The summed E-state index contributed by atoms with van der Waals surface area (Å²) in [5.41, 5.74) is 3.58. The van der Waals surface area contributed by atoms with Crippen LogP contribution in [0.2, 0.25) is 0 Å². The van der Waals surface area contributed by atoms with Gasteiger partial charge in [-0.3, -0.25) is 10.2 Å². The van der Waals surface area contributed by atoms with Gasteiger partial charge >= 0.3 is 5.97 Å². The molecule has 1 aromatic heterocycles. The average molecular weight is 358 g/mol. The summed E-state index contributed by atoms with van der Waals surface area (Å²) in [6.07, 6.45) is 0. The Hall–Kier alpha value is -2.67. The highest BCUT2D eigenvalue weighted by atomic mass is 32.1. The fourth-order valence-electron chi connectivity index (χ4n) is 2.73. The quantitative estimate of drug-likeness (QED) is 0.634. The van der Waals surface area contributed by atoms with E-state index in [-0.39, 0.29) is 18.1 Å². The summed E-state index contributed by atoms with van der Waals surface area (Å²) in [6, 6.07) is 10.0. The van der Waals surface area contributed by atoms with E-state index in [9.17, 15) is 9.59 Å². The normalized spacial score (nSPS) is 19.0. The van der Waals surface area contributed by atoms with E-state index >= 15 is 0 Å². The predicted octanol–water partition coefficient (Wildman–Crippen LogP) is 2.61. The Morgan fingerprint density at radius 3 is 2.60 bits per heavy atom. The second-order valence-electron chi connectivity index (χ2n) is 5.41. The van der Waals surface area contributed by atoms with Crippen molar-refractivity contribution in [2.45, 2.75) is 18.9 Å². The van der Waals surface area contributed by atoms with E-state index in [1.165, 1.54) is 11.3 Å². The fraction of sp³-hybridized carbons (Fsp3) is 0.278. The van der Waals surface area contributed by atoms with Gasteiger partial charge in [-0.15, -0.1) is 11.3 Å². The van der Waals surface area contributed by atoms with Gasteiger partial charge in [0.05, 0.1) is 19.6 Å². The van der Waals surface area contributed by atoms with Gasteiger partial charge in [-0.05, 0) is 42.6 Å². The molecule has 0 saturated carbocycles. The Morgan fingerprint density at radius 1 is 1.24 bits per heavy atom. The summed E-state index contributed by atoms with van der Waals surface area (Å²) in [5.74, 6) is -0.426. The first kappa shape index (κ1) is 17.2. The molecule has 0 saturated heterocycles. The Kier molecular flexibility index (Phi) is 5.14. The second-order valence-corrected chi connectivity index (χ2v) is 6.39. The standard InChI is InChI=1S/C18H18N2O4S/c1-3-24-18(22)16-14(13-5-4-10-25-13)15(19-20-16)17(21)11-6-8-12(23-2)9-7-11/h4-10,14-15,19H,3H2,1-2H3. The Morgan fingerprint density at radius 2 is 2.00 bits per heavy atom. The van der Waals surface area contributed by atoms with E-state index in [0.29, 0.717) is 11.3 Å². The largest absolute Gasteiger partial charge is 0.497 e. The van der Waals surface area contributed by atoms with Crippen molar-refractivity contribution in [2.75, 3.05) is 13.7 Å². The smallest absolute Gasteiger partial charge is 0.355 e. The van der Waals surface area contributed by atoms with Gasteiger partial charge in [0.2, 0.25) is 0 Å². The number of hydrogen-bond donors (Lipinski definition) is 1. The zero-order valence-corrected chi connectivity index (χ0v) is 14.7. The van der Waals surface area contributed by atoms with Crippen LogP contribution in [-0.2, 0) is 9.53 Å². The zero-order chi connectivity index (χ0) is 17.8. The van der Waals surface area contributed by atoms with Crippen LogP contribution >= 0.6 is 11.3 Å². The van der Waals surface area contributed by atoms with Gasteiger partial charge in [-0.25, -0.2) is 4.79 Å². The van der Waals surface area contributed by atoms with Crippen LogP contribution in [0.1, 0.15) is 28.1 Å². The Bertz CT molecular complexity index is 784. The van der Waals surface area contributed by atoms with Crippen molar-refractivity contribution < 1.29 is 19.1 Å². The van der Waals surface area contributed by atoms with Crippen molar-refractivity contribution in [3.8, 4) is 5.75 Å². The number of benzene rings is 1. The number of hydrogen-bond acceptors (Lipinski definition) is 7. The number of methoxy groups -OCH3 is 1. The molecule has 2 atom stereocenters. The summed E-state index contributed by atoms with van der Waals surface area (Å²) in [6.45, 7) is 1.99. The molecule has 0 fully saturated rings. The molecule has 1 aromatic carbocycles. The molecule has 0 spiro atoms. The molecule has 3 rings (SSSR count). The first-order chi connectivity index (χ1) is 12.2. The molecule has 7 heteroatoms. The maximum absolute atomic E-state index is 13.0. The molecule has 0 radical (unpaired) electrons. The van der Waals surface area contributed by atoms with Crippen LogP contribution in [-0.4, -0.2) is 37.2 Å². The molecule has 2 unspecified atom stereocenters. The lowest BCUT2D eigenvalue weighted by atomic mass is 9.89. The summed E-state index contributed by atoms with van der Waals surface area (Å²) in [4.78, 5) is 26.1. The zero-order valence-electron chi connectivity index (χ0n) is 13.9. The molecule has 2 aromatic rings. The lowest BCUT2D eigenvalue weighted by Crippen LogP contribution is -2.37. The molecule has 2 heterocycles. The van der Waals surface area contributed by atoms with Crippen LogP contribution in [0.25, 0.3) is 0 Å². The maximum Gasteiger partial charge on any atom is 0.355 e. The van der Waals surface area contributed by atoms with Gasteiger partial charge in [-0.1, -0.05) is 6.07 Å². The number of ketones is 1. The Balaban J connectivity index is 1.89. The fourth-order valence-corrected chi connectivity index (χ4v) is 3.60. The number of rotatable bonds is 6. The van der Waals surface area contributed by atoms with Crippen LogP contribution < -0.4 is 10.2 Å². The number of Topliss-reactive ketones (excluding diaryl/α,β-unsaturated/α-hetero) is 1. The molecule has 1 aliphatic rings. The van der Waals surface area contributed by atoms with Crippen molar-refractivity contribution in [2.24, 2.45) is 5.10 Å². The highest BCUT2D eigenvalue weighted by Gasteiger charge is 2.42. The van der Waals surface area contributed by atoms with Crippen LogP contribution in [0.3, 0.4) is 0 Å². The topological polar surface area (TPSA) is 77.0 Å². The average Bonchev–Trinajstić information content (AvgIpc) is 3.30. The molecule has 0 amide bonds. The van der Waals surface area contributed by atoms with Gasteiger partial charge in [0.25, 0.3) is 0 Å². The third-order valence-corrected chi connectivity index (χ3v) is 4.90. The van der Waals surface area contributed by atoms with Gasteiger partial charge < -0.3 is 9.47 Å². The minimum Gasteiger partial charge on any atom is -0.497 e. The third-order valence-electron chi connectivity index (χ3n) is 3.94. The van der Waals surface area contributed by atoms with Crippen LogP contribution in [0.5, 0.6) is 5.75 Å². The first-order valence-electron chi connectivity index (χ1n) is 7.87. The first-order valence-corrected chi connectivity index (χ1v) is 8.75. The van der Waals surface area contributed by atoms with Crippen LogP contribution in [0, 0.1) is 0 Å². The molecule has 1 aliphatic heterocycles. The number of hydrazone groups is 1. The van der Waals surface area contributed by atoms with Crippen molar-refractivity contribution in [3.05, 3.63) is 52.2 Å². The van der Waals surface area contributed by atoms with Gasteiger partial charge in [-0.2, -0.15) is 5.10 Å². The van der Waals surface area contributed by atoms with Crippen molar-refractivity contribution in [3.63, 3.8) is 0 Å². The minimum atomic E-state index is -0.647. The summed E-state index contributed by atoms with van der Waals surface area (Å²) < 4.78 is 10.2. The molecule has 1 N–H and O–H groups in total. The number of nitrogens with one attached hydrogen (secondary N) is 1. The van der Waals surface area contributed by atoms with E-state index < -0.39 is 17.9 Å². The summed E-state index contributed by atoms with van der Waals surface area (Å²) in [5, 5.41) is 6.01. The summed E-state index contributed by atoms with van der Waals surface area (Å²) >= 11 is 1.48. The number of carbonyl (C=O) groups excluding carboxylic acids is 2. The van der Waals surface area contributed by atoms with E-state index in [1.807, 2.05) is 17.5 Å². The molecule has 130 valence electrons. The van der Waals surface area contributed by atoms with Gasteiger partial charge in [0.15, 0.2) is 11.5 Å². The van der Waals surface area contributed by atoms with Crippen LogP contribution in [0.15, 0.2) is 46.9 Å². The SMILES string of the molecule is CCOC(=O)C1=NNC(C(=O)c2ccc(OC)cc2)C1c1cccs1. The molecule has 0 aliphatic carbocycles. The van der Waals surface area contributed by atoms with E-state index in [2.05, 4.69) is 10.5 Å². The monoisotopic (exact) mass is 358 g/mol. The predicted molar refractivity (Wildman–Crippen MR) is 95.4 cm³/mol. The third kappa shape index (κ3) is 3.41. The highest BCUT2D eigenvalue weighted by molar-refractivity contribution is 7.10. The number of esters is 1. The molecule has 25 heavy (non-hydrogen) atoms. The lowest BCUT2D eigenvalue weighted by Gasteiger charge is -2.18. The summed E-state index contributed by atoms with van der Waals surface area (Å²) in [7, 11) is 1.57. The van der Waals surface area contributed by atoms with Crippen LogP contribution in [0.4, 0.5) is 0 Å². The van der Waals surface area contributed by atoms with E-state index in [1.54, 1.807) is 38.3 Å². The van der Waals surface area contributed by atoms with Gasteiger partial charge in [0.1, 0.15) is 11.8 Å². The lowest BCUT2D eigenvalue weighted by molar-refractivity contribution is -0.135. The molecular weight excluding hydrogens is 340 g/mol. The molecule has 6 nitrogen and oxygen atoms in total. The van der Waals surface area contributed by atoms with Gasteiger partial charge in [0, 0.05) is 10.4 Å². The molecule has 0 bridgehead atoms.